The molecule has 1 aromatic heterocycles. The van der Waals surface area contributed by atoms with E-state index in [1.807, 2.05) is 6.07 Å². The van der Waals surface area contributed by atoms with Crippen molar-refractivity contribution >= 4 is 33.0 Å². The summed E-state index contributed by atoms with van der Waals surface area (Å²) in [7, 11) is -4.61. The summed E-state index contributed by atoms with van der Waals surface area (Å²) in [6, 6.07) is 3.21. The first-order valence-electron chi connectivity index (χ1n) is 13.6. The average molecular weight is 578 g/mol. The Labute approximate surface area is 235 Å². The fraction of sp³-hybridized carbons (Fsp3) is 0.621. The first-order chi connectivity index (χ1) is 18.2. The van der Waals surface area contributed by atoms with Crippen molar-refractivity contribution in [1.29, 1.82) is 0 Å². The smallest absolute Gasteiger partial charge is 0.424 e. The van der Waals surface area contributed by atoms with Gasteiger partial charge in [0.15, 0.2) is 0 Å². The van der Waals surface area contributed by atoms with Crippen LogP contribution in [0.1, 0.15) is 91.0 Å². The molecule has 0 bridgehead atoms. The molecule has 1 aromatic carbocycles. The number of carbonyl (C=O) groups is 2. The first-order valence-corrected chi connectivity index (χ1v) is 15.1. The number of rotatable bonds is 6. The molecular weight excluding hydrogens is 537 g/mol. The molecule has 2 aromatic rings. The van der Waals surface area contributed by atoms with Crippen LogP contribution in [0, 0.1) is 0 Å². The van der Waals surface area contributed by atoms with Gasteiger partial charge in [-0.1, -0.05) is 0 Å². The molecule has 4 rings (SSSR count). The Morgan fingerprint density at radius 2 is 1.65 bits per heavy atom. The lowest BCUT2D eigenvalue weighted by molar-refractivity contribution is 0.0320. The topological polar surface area (TPSA) is 115 Å². The number of benzene rings is 1. The molecule has 2 amide bonds. The maximum atomic E-state index is 15.0. The monoisotopic (exact) mass is 577 g/mol. The van der Waals surface area contributed by atoms with Crippen molar-refractivity contribution in [3.63, 3.8) is 0 Å². The predicted octanol–water partition coefficient (Wildman–Crippen LogP) is 5.78. The lowest BCUT2D eigenvalue weighted by Gasteiger charge is -2.30. The van der Waals surface area contributed by atoms with Gasteiger partial charge < -0.3 is 14.8 Å². The van der Waals surface area contributed by atoms with Crippen molar-refractivity contribution in [3.05, 3.63) is 35.2 Å². The number of carbonyl (C=O) groups excluding carboxylic acids is 2. The number of ether oxygens (including phenoxy) is 2. The Kier molecular flexibility index (Phi) is 7.62. The number of hydrogen-bond acceptors (Lipinski definition) is 7. The highest BCUT2D eigenvalue weighted by atomic mass is 32.2. The second-order valence-electron chi connectivity index (χ2n) is 13.4. The zero-order valence-electron chi connectivity index (χ0n) is 24.6. The molecule has 40 heavy (non-hydrogen) atoms. The molecule has 0 aliphatic heterocycles. The Balaban J connectivity index is 1.85. The van der Waals surface area contributed by atoms with Crippen molar-refractivity contribution in [2.24, 2.45) is 0 Å². The average Bonchev–Trinajstić information content (AvgIpc) is 3.53. The van der Waals surface area contributed by atoms with Crippen LogP contribution in [0.25, 0.3) is 10.8 Å². The van der Waals surface area contributed by atoms with Gasteiger partial charge in [-0.05, 0) is 104 Å². The van der Waals surface area contributed by atoms with E-state index in [0.717, 1.165) is 18.5 Å². The van der Waals surface area contributed by atoms with Gasteiger partial charge in [0.25, 0.3) is 10.0 Å². The van der Waals surface area contributed by atoms with Crippen molar-refractivity contribution < 1.29 is 31.9 Å². The zero-order valence-corrected chi connectivity index (χ0v) is 25.4. The van der Waals surface area contributed by atoms with Gasteiger partial charge in [-0.2, -0.15) is 4.31 Å². The van der Waals surface area contributed by atoms with Crippen LogP contribution in [-0.2, 0) is 32.3 Å². The number of alkyl carbamates (subject to hydrolysis) is 1. The van der Waals surface area contributed by atoms with Crippen LogP contribution >= 0.6 is 0 Å². The summed E-state index contributed by atoms with van der Waals surface area (Å²) in [6.45, 7) is 11.8. The summed E-state index contributed by atoms with van der Waals surface area (Å²) >= 11 is 0. The standard InChI is InChI=1S/C29H40FN3O6S/c1-27(2,3)38-25(34)32-20-12-18-11-19-15-31-23(17-9-10-17)14-22(19)24(21(18)13-20)40(36,37)33(16-29(7,8)30)26(35)39-28(4,5)6/h11,14-15,17,20H,9-10,12-13,16H2,1-8H3,(H,32,34). The van der Waals surface area contributed by atoms with E-state index in [-0.39, 0.29) is 17.2 Å². The van der Waals surface area contributed by atoms with Gasteiger partial charge in [0.1, 0.15) is 16.9 Å². The predicted molar refractivity (Wildman–Crippen MR) is 150 cm³/mol. The molecule has 1 unspecified atom stereocenters. The first kappa shape index (κ1) is 30.0. The quantitative estimate of drug-likeness (QED) is 0.463. The molecule has 220 valence electrons. The summed E-state index contributed by atoms with van der Waals surface area (Å²) in [6.07, 6.45) is 2.38. The SMILES string of the molecule is CC(C)(F)CN(C(=O)OC(C)(C)C)S(=O)(=O)c1c2c(cc3cnc(C4CC4)cc13)CC(NC(=O)OC(C)(C)C)C2. The molecule has 0 radical (unpaired) electrons. The Hall–Kier alpha value is -2.95. The molecule has 11 heteroatoms. The van der Waals surface area contributed by atoms with Crippen molar-refractivity contribution in [2.45, 2.75) is 115 Å². The van der Waals surface area contributed by atoms with Gasteiger partial charge in [-0.15, -0.1) is 0 Å². The normalized spacial score (nSPS) is 17.9. The van der Waals surface area contributed by atoms with Crippen molar-refractivity contribution in [1.82, 2.24) is 14.6 Å². The van der Waals surface area contributed by atoms with Gasteiger partial charge >= 0.3 is 12.2 Å². The molecule has 0 spiro atoms. The Morgan fingerprint density at radius 3 is 2.20 bits per heavy atom. The van der Waals surface area contributed by atoms with E-state index in [2.05, 4.69) is 10.3 Å². The largest absolute Gasteiger partial charge is 0.444 e. The van der Waals surface area contributed by atoms with E-state index < -0.39 is 51.7 Å². The number of amides is 2. The number of fused-ring (bicyclic) bond motifs is 2. The summed E-state index contributed by atoms with van der Waals surface area (Å²) in [5, 5.41) is 3.84. The Morgan fingerprint density at radius 1 is 1.02 bits per heavy atom. The minimum Gasteiger partial charge on any atom is -0.444 e. The zero-order chi connectivity index (χ0) is 29.8. The fourth-order valence-corrected chi connectivity index (χ4v) is 6.76. The lowest BCUT2D eigenvalue weighted by Crippen LogP contribution is -2.46. The van der Waals surface area contributed by atoms with Crippen LogP contribution in [0.15, 0.2) is 23.2 Å². The molecule has 1 N–H and O–H groups in total. The van der Waals surface area contributed by atoms with E-state index in [1.54, 1.807) is 53.8 Å². The van der Waals surface area contributed by atoms with Crippen molar-refractivity contribution in [2.75, 3.05) is 6.54 Å². The summed E-state index contributed by atoms with van der Waals surface area (Å²) in [5.74, 6) is 0.251. The third-order valence-electron chi connectivity index (χ3n) is 6.49. The van der Waals surface area contributed by atoms with Crippen LogP contribution in [0.3, 0.4) is 0 Å². The number of aromatic nitrogens is 1. The van der Waals surface area contributed by atoms with Gasteiger partial charge in [0, 0.05) is 34.6 Å². The molecule has 1 saturated carbocycles. The summed E-state index contributed by atoms with van der Waals surface area (Å²) in [5.41, 5.74) is -1.77. The number of halogens is 1. The van der Waals surface area contributed by atoms with Gasteiger partial charge in [0.05, 0.1) is 11.4 Å². The lowest BCUT2D eigenvalue weighted by atomic mass is 10.0. The van der Waals surface area contributed by atoms with Gasteiger partial charge in [-0.3, -0.25) is 4.98 Å². The number of pyridine rings is 1. The molecule has 9 nitrogen and oxygen atoms in total. The van der Waals surface area contributed by atoms with Crippen LogP contribution in [0.2, 0.25) is 0 Å². The third-order valence-corrected chi connectivity index (χ3v) is 8.33. The van der Waals surface area contributed by atoms with Crippen molar-refractivity contribution in [3.8, 4) is 0 Å². The molecule has 0 saturated heterocycles. The highest BCUT2D eigenvalue weighted by Crippen LogP contribution is 2.43. The molecule has 1 atom stereocenters. The van der Waals surface area contributed by atoms with E-state index in [1.165, 1.54) is 13.8 Å². The summed E-state index contributed by atoms with van der Waals surface area (Å²) in [4.78, 5) is 30.3. The van der Waals surface area contributed by atoms with Crippen LogP contribution in [-0.4, -0.2) is 59.4 Å². The van der Waals surface area contributed by atoms with E-state index in [4.69, 9.17) is 9.47 Å². The number of sulfonamides is 1. The number of nitrogens with zero attached hydrogens (tertiary/aromatic N) is 2. The molecule has 1 heterocycles. The third kappa shape index (κ3) is 7.03. The molecule has 2 aliphatic rings. The van der Waals surface area contributed by atoms with Crippen LogP contribution in [0.5, 0.6) is 0 Å². The highest BCUT2D eigenvalue weighted by Gasteiger charge is 2.42. The fourth-order valence-electron chi connectivity index (χ4n) is 4.85. The van der Waals surface area contributed by atoms with E-state index >= 15 is 4.39 Å². The summed E-state index contributed by atoms with van der Waals surface area (Å²) < 4.78 is 55.2. The second kappa shape index (κ2) is 10.2. The molecular formula is C29H40FN3O6S. The highest BCUT2D eigenvalue weighted by molar-refractivity contribution is 7.90. The molecule has 2 aliphatic carbocycles. The van der Waals surface area contributed by atoms with E-state index in [9.17, 15) is 18.0 Å². The number of alkyl halides is 1. The second-order valence-corrected chi connectivity index (χ2v) is 15.2. The minimum atomic E-state index is -4.61. The maximum Gasteiger partial charge on any atom is 0.424 e. The van der Waals surface area contributed by atoms with Gasteiger partial charge in [0.2, 0.25) is 0 Å². The van der Waals surface area contributed by atoms with Crippen LogP contribution < -0.4 is 5.32 Å². The molecule has 1 fully saturated rings. The van der Waals surface area contributed by atoms with E-state index in [0.29, 0.717) is 32.6 Å². The Bertz CT molecular complexity index is 1430. The minimum absolute atomic E-state index is 0.0760. The number of hydrogen-bond donors (Lipinski definition) is 1. The number of nitrogens with one attached hydrogen (secondary N) is 1. The van der Waals surface area contributed by atoms with Gasteiger partial charge in [-0.25, -0.2) is 22.4 Å². The maximum absolute atomic E-state index is 15.0. The van der Waals surface area contributed by atoms with Crippen LogP contribution in [0.4, 0.5) is 14.0 Å².